The molecule has 2 N–H and O–H groups in total. The zero-order valence-electron chi connectivity index (χ0n) is 11.3. The van der Waals surface area contributed by atoms with Crippen molar-refractivity contribution in [3.05, 3.63) is 71.8 Å². The number of hydrogen-bond acceptors (Lipinski definition) is 2. The molecule has 1 atom stereocenters. The molecule has 0 radical (unpaired) electrons. The average Bonchev–Trinajstić information content (AvgIpc) is 2.48. The van der Waals surface area contributed by atoms with Gasteiger partial charge in [0.05, 0.1) is 5.92 Å². The van der Waals surface area contributed by atoms with Crippen LogP contribution in [0.5, 0.6) is 0 Å². The molecule has 0 aliphatic heterocycles. The predicted molar refractivity (Wildman–Crippen MR) is 79.4 cm³/mol. The van der Waals surface area contributed by atoms with Crippen LogP contribution in [0.1, 0.15) is 11.1 Å². The lowest BCUT2D eigenvalue weighted by molar-refractivity contribution is -0.141. The van der Waals surface area contributed by atoms with Crippen molar-refractivity contribution in [3.63, 3.8) is 0 Å². The Morgan fingerprint density at radius 2 is 1.50 bits per heavy atom. The molecule has 104 valence electrons. The second-order valence-electron chi connectivity index (χ2n) is 4.84. The first-order valence-electron chi connectivity index (χ1n) is 6.77. The van der Waals surface area contributed by atoms with Gasteiger partial charge in [-0.05, 0) is 17.5 Å². The Morgan fingerprint density at radius 3 is 2.05 bits per heavy atom. The predicted octanol–water partition coefficient (Wildman–Crippen LogP) is 2.72. The topological polar surface area (TPSA) is 49.3 Å². The fourth-order valence-electron chi connectivity index (χ4n) is 2.13. The van der Waals surface area contributed by atoms with Crippen LogP contribution < -0.4 is 5.32 Å². The summed E-state index contributed by atoms with van der Waals surface area (Å²) in [6.07, 6.45) is 0.554. The van der Waals surface area contributed by atoms with E-state index in [9.17, 15) is 9.90 Å². The summed E-state index contributed by atoms with van der Waals surface area (Å²) >= 11 is 0. The first-order valence-corrected chi connectivity index (χ1v) is 6.77. The van der Waals surface area contributed by atoms with Crippen LogP contribution in [0.15, 0.2) is 60.7 Å². The van der Waals surface area contributed by atoms with Crippen molar-refractivity contribution in [2.75, 3.05) is 6.54 Å². The van der Waals surface area contributed by atoms with E-state index in [2.05, 4.69) is 5.32 Å². The highest BCUT2D eigenvalue weighted by atomic mass is 16.4. The molecule has 3 nitrogen and oxygen atoms in total. The minimum Gasteiger partial charge on any atom is -0.481 e. The van der Waals surface area contributed by atoms with E-state index in [0.29, 0.717) is 19.5 Å². The molecule has 0 heterocycles. The molecule has 2 aromatic carbocycles. The van der Waals surface area contributed by atoms with Gasteiger partial charge in [0.15, 0.2) is 0 Å². The van der Waals surface area contributed by atoms with E-state index in [1.54, 1.807) is 0 Å². The van der Waals surface area contributed by atoms with Gasteiger partial charge in [0.2, 0.25) is 0 Å². The Bertz CT molecular complexity index is 525. The number of carboxylic acids is 1. The summed E-state index contributed by atoms with van der Waals surface area (Å²) in [7, 11) is 0. The maximum Gasteiger partial charge on any atom is 0.308 e. The highest BCUT2D eigenvalue weighted by molar-refractivity contribution is 5.70. The van der Waals surface area contributed by atoms with Gasteiger partial charge in [0.25, 0.3) is 0 Å². The summed E-state index contributed by atoms with van der Waals surface area (Å²) in [6, 6.07) is 19.7. The van der Waals surface area contributed by atoms with Gasteiger partial charge in [-0.1, -0.05) is 60.7 Å². The van der Waals surface area contributed by atoms with E-state index in [-0.39, 0.29) is 0 Å². The van der Waals surface area contributed by atoms with E-state index in [1.165, 1.54) is 0 Å². The SMILES string of the molecule is O=C(O)C(CNCc1ccccc1)Cc1ccccc1. The molecule has 1 unspecified atom stereocenters. The molecule has 0 bridgehead atoms. The van der Waals surface area contributed by atoms with Crippen LogP contribution in [0, 0.1) is 5.92 Å². The van der Waals surface area contributed by atoms with Gasteiger partial charge in [0, 0.05) is 13.1 Å². The van der Waals surface area contributed by atoms with Gasteiger partial charge in [-0.3, -0.25) is 4.79 Å². The molecule has 20 heavy (non-hydrogen) atoms. The van der Waals surface area contributed by atoms with Crippen molar-refractivity contribution < 1.29 is 9.90 Å². The van der Waals surface area contributed by atoms with Crippen LogP contribution in [0.3, 0.4) is 0 Å². The minimum absolute atomic E-state index is 0.402. The van der Waals surface area contributed by atoms with Gasteiger partial charge in [-0.25, -0.2) is 0 Å². The van der Waals surface area contributed by atoms with Crippen molar-refractivity contribution in [3.8, 4) is 0 Å². The molecule has 3 heteroatoms. The molecule has 0 fully saturated rings. The van der Waals surface area contributed by atoms with E-state index < -0.39 is 11.9 Å². The Hall–Kier alpha value is -2.13. The lowest BCUT2D eigenvalue weighted by atomic mass is 9.99. The van der Waals surface area contributed by atoms with Crippen LogP contribution in [-0.4, -0.2) is 17.6 Å². The normalized spacial score (nSPS) is 12.0. The number of aliphatic carboxylic acids is 1. The zero-order valence-corrected chi connectivity index (χ0v) is 11.3. The second kappa shape index (κ2) is 7.46. The quantitative estimate of drug-likeness (QED) is 0.812. The monoisotopic (exact) mass is 269 g/mol. The summed E-state index contributed by atoms with van der Waals surface area (Å²) in [4.78, 5) is 11.3. The van der Waals surface area contributed by atoms with Gasteiger partial charge in [-0.15, -0.1) is 0 Å². The molecule has 0 spiro atoms. The molecule has 0 aliphatic carbocycles. The maximum absolute atomic E-state index is 11.3. The molecular weight excluding hydrogens is 250 g/mol. The minimum atomic E-state index is -0.755. The maximum atomic E-state index is 11.3. The molecule has 2 rings (SSSR count). The van der Waals surface area contributed by atoms with Crippen LogP contribution in [-0.2, 0) is 17.8 Å². The van der Waals surface area contributed by atoms with E-state index in [1.807, 2.05) is 60.7 Å². The standard InChI is InChI=1S/C17H19NO2/c19-17(20)16(11-14-7-3-1-4-8-14)13-18-12-15-9-5-2-6-10-15/h1-10,16,18H,11-13H2,(H,19,20). The van der Waals surface area contributed by atoms with Crippen LogP contribution in [0.25, 0.3) is 0 Å². The van der Waals surface area contributed by atoms with Crippen molar-refractivity contribution in [2.24, 2.45) is 5.92 Å². The molecule has 0 amide bonds. The fourth-order valence-corrected chi connectivity index (χ4v) is 2.13. The van der Waals surface area contributed by atoms with Crippen molar-refractivity contribution in [2.45, 2.75) is 13.0 Å². The fraction of sp³-hybridized carbons (Fsp3) is 0.235. The molecule has 0 aliphatic rings. The summed E-state index contributed by atoms with van der Waals surface area (Å²) in [6.45, 7) is 1.17. The summed E-state index contributed by atoms with van der Waals surface area (Å²) in [5, 5.41) is 12.5. The largest absolute Gasteiger partial charge is 0.481 e. The Kier molecular flexibility index (Phi) is 5.33. The Morgan fingerprint density at radius 1 is 0.950 bits per heavy atom. The first kappa shape index (κ1) is 14.3. The molecule has 0 saturated heterocycles. The number of benzene rings is 2. The molecule has 2 aromatic rings. The van der Waals surface area contributed by atoms with Gasteiger partial charge in [-0.2, -0.15) is 0 Å². The van der Waals surface area contributed by atoms with Crippen LogP contribution >= 0.6 is 0 Å². The van der Waals surface area contributed by atoms with E-state index in [4.69, 9.17) is 0 Å². The molecular formula is C17H19NO2. The van der Waals surface area contributed by atoms with Crippen molar-refractivity contribution in [1.29, 1.82) is 0 Å². The third kappa shape index (κ3) is 4.52. The molecule has 0 saturated carbocycles. The highest BCUT2D eigenvalue weighted by Crippen LogP contribution is 2.09. The first-order chi connectivity index (χ1) is 9.75. The number of rotatable bonds is 7. The average molecular weight is 269 g/mol. The third-order valence-corrected chi connectivity index (χ3v) is 3.24. The van der Waals surface area contributed by atoms with E-state index in [0.717, 1.165) is 11.1 Å². The van der Waals surface area contributed by atoms with Crippen LogP contribution in [0.4, 0.5) is 0 Å². The summed E-state index contributed by atoms with van der Waals surface area (Å²) < 4.78 is 0. The number of carboxylic acid groups (broad SMARTS) is 1. The van der Waals surface area contributed by atoms with Crippen LogP contribution in [0.2, 0.25) is 0 Å². The van der Waals surface area contributed by atoms with Crippen molar-refractivity contribution in [1.82, 2.24) is 5.32 Å². The van der Waals surface area contributed by atoms with Crippen molar-refractivity contribution >= 4 is 5.97 Å². The third-order valence-electron chi connectivity index (χ3n) is 3.24. The number of hydrogen-bond donors (Lipinski definition) is 2. The molecule has 0 aromatic heterocycles. The Labute approximate surface area is 119 Å². The summed E-state index contributed by atoms with van der Waals surface area (Å²) in [5.74, 6) is -1.16. The van der Waals surface area contributed by atoms with Gasteiger partial charge in [0.1, 0.15) is 0 Å². The smallest absolute Gasteiger partial charge is 0.308 e. The second-order valence-corrected chi connectivity index (χ2v) is 4.84. The lowest BCUT2D eigenvalue weighted by Crippen LogP contribution is -2.29. The van der Waals surface area contributed by atoms with E-state index >= 15 is 0 Å². The zero-order chi connectivity index (χ0) is 14.2. The summed E-state index contributed by atoms with van der Waals surface area (Å²) in [5.41, 5.74) is 2.22. The van der Waals surface area contributed by atoms with Gasteiger partial charge < -0.3 is 10.4 Å². The van der Waals surface area contributed by atoms with Gasteiger partial charge >= 0.3 is 5.97 Å². The Balaban J connectivity index is 1.85. The lowest BCUT2D eigenvalue weighted by Gasteiger charge is -2.13. The highest BCUT2D eigenvalue weighted by Gasteiger charge is 2.17. The number of carbonyl (C=O) groups is 1. The number of nitrogens with one attached hydrogen (secondary N) is 1.